The van der Waals surface area contributed by atoms with Gasteiger partial charge in [-0.25, -0.2) is 15.0 Å². The van der Waals surface area contributed by atoms with Gasteiger partial charge in [-0.1, -0.05) is 285 Å². The van der Waals surface area contributed by atoms with Crippen molar-refractivity contribution in [1.29, 1.82) is 0 Å². The predicted molar refractivity (Wildman–Crippen MR) is 445 cm³/mol. The highest BCUT2D eigenvalue weighted by Gasteiger charge is 2.01. The van der Waals surface area contributed by atoms with Crippen LogP contribution in [0.5, 0.6) is 5.75 Å². The second kappa shape index (κ2) is 104. The highest BCUT2D eigenvalue weighted by molar-refractivity contribution is 7.80. The van der Waals surface area contributed by atoms with Gasteiger partial charge in [0.1, 0.15) is 35.9 Å². The molecule has 9 rings (SSSR count). The van der Waals surface area contributed by atoms with Crippen molar-refractivity contribution in [2.24, 2.45) is 7.05 Å². The van der Waals surface area contributed by atoms with Gasteiger partial charge in [-0.15, -0.1) is 24.0 Å². The number of rotatable bonds is 1. The van der Waals surface area contributed by atoms with Crippen LogP contribution in [0.3, 0.4) is 0 Å². The summed E-state index contributed by atoms with van der Waals surface area (Å²) in [6.45, 7) is 59.7. The Morgan fingerprint density at radius 3 is 1.10 bits per heavy atom. The fourth-order valence-corrected chi connectivity index (χ4v) is 5.93. The van der Waals surface area contributed by atoms with E-state index in [1.165, 1.54) is 69.5 Å². The standard InChI is InChI=1S/C9H10N2.C8H7NO.C8H7NS.C7H10N2.C6H7NO.C6H7NS.6C3H8.3C2H4O.6C2H6.CH4/c1-7-10-8-5-3-4-6-9(8)11(7)2;2*1-6-9-7-4-2-3-5-8(7)10-6;1-9-7-5-3-2-4-6(7)8;2*7-5-3-1-2-4-6(5)8;6*1-3-2;3*1-2-3;6*1-2;/h3-6H,1-2H3;2*2-5H,1H3;2-5,9H,8H2,1H3;2*1-4,8H,7H2;6*3H2,1-2H3;3*2H,1H3;6*1-2H3;1H4. The van der Waals surface area contributed by atoms with Crippen molar-refractivity contribution in [3.63, 3.8) is 0 Å². The van der Waals surface area contributed by atoms with Crippen molar-refractivity contribution in [2.45, 2.75) is 259 Å². The Morgan fingerprint density at radius 1 is 0.469 bits per heavy atom. The zero-order valence-corrected chi connectivity index (χ0v) is 68.0. The maximum Gasteiger partial charge on any atom is 0.192 e. The maximum atomic E-state index is 8.81. The minimum atomic E-state index is 0. The van der Waals surface area contributed by atoms with E-state index >= 15 is 0 Å². The number of aromatic nitrogens is 4. The van der Waals surface area contributed by atoms with Gasteiger partial charge in [-0.3, -0.25) is 0 Å². The summed E-state index contributed by atoms with van der Waals surface area (Å²) in [5.74, 6) is 1.93. The summed E-state index contributed by atoms with van der Waals surface area (Å²) in [5, 5.41) is 12.9. The molecule has 0 fully saturated rings. The van der Waals surface area contributed by atoms with Crippen LogP contribution in [0.4, 0.5) is 22.7 Å². The van der Waals surface area contributed by atoms with Gasteiger partial charge in [0.05, 0.1) is 43.3 Å². The van der Waals surface area contributed by atoms with Gasteiger partial charge >= 0.3 is 0 Å². The average molecular weight is 1380 g/mol. The zero-order valence-electron chi connectivity index (χ0n) is 66.3. The molecule has 0 aliphatic heterocycles. The zero-order chi connectivity index (χ0) is 76.8. The monoisotopic (exact) mass is 1380 g/mol. The van der Waals surface area contributed by atoms with E-state index in [2.05, 4.69) is 133 Å². The molecule has 0 aliphatic carbocycles. The predicted octanol–water partition coefficient (Wildman–Crippen LogP) is 26.4. The molecule has 554 valence electrons. The molecule has 0 amide bonds. The largest absolute Gasteiger partial charge is 0.506 e. The third-order valence-electron chi connectivity index (χ3n) is 7.92. The van der Waals surface area contributed by atoms with E-state index in [9.17, 15) is 0 Å². The number of aryl methyl sites for hydroxylation is 4. The number of hydrogen-bond donors (Lipinski definition) is 6. The normalized spacial score (nSPS) is 7.68. The number of fused-ring (bicyclic) bond motifs is 3. The molecule has 0 saturated carbocycles. The van der Waals surface area contributed by atoms with E-state index in [0.29, 0.717) is 5.69 Å². The number of nitrogens with one attached hydrogen (secondary N) is 1. The van der Waals surface area contributed by atoms with Crippen LogP contribution in [0, 0.1) is 20.8 Å². The topological polar surface area (TPSA) is 218 Å². The number of imidazole rings is 1. The molecule has 13 nitrogen and oxygen atoms in total. The van der Waals surface area contributed by atoms with Crippen LogP contribution in [0.1, 0.15) is 250 Å². The lowest BCUT2D eigenvalue weighted by Crippen LogP contribution is -1.93. The SMILES string of the molecule is C.CC.CC.CC.CC.CC.CC.CC=O.CC=O.CC=O.CCC.CCC.CCC.CCC.CCC.CCC.CNc1ccccc1N.Cc1nc2ccccc2n1C.Cc1nc2ccccc2o1.Cc1nc2ccccc2s1.Nc1ccccc1O.Nc1ccccc1S. The van der Waals surface area contributed by atoms with Crippen molar-refractivity contribution in [1.82, 2.24) is 19.5 Å². The van der Waals surface area contributed by atoms with Gasteiger partial charge < -0.3 is 51.0 Å². The number of aromatic hydroxyl groups is 1. The first-order valence-corrected chi connectivity index (χ1v) is 35.8. The summed E-state index contributed by atoms with van der Waals surface area (Å²) in [5.41, 5.74) is 24.4. The summed E-state index contributed by atoms with van der Waals surface area (Å²) in [6.07, 6.45) is 9.75. The molecule has 96 heavy (non-hydrogen) atoms. The number of carbonyl (C=O) groups is 3. The van der Waals surface area contributed by atoms with Gasteiger partial charge in [-0.05, 0) is 107 Å². The molecule has 6 aromatic carbocycles. The number of aldehydes is 3. The summed E-state index contributed by atoms with van der Waals surface area (Å²) < 4.78 is 8.63. The first-order valence-electron chi connectivity index (χ1n) is 34.5. The summed E-state index contributed by atoms with van der Waals surface area (Å²) in [7, 11) is 3.89. The number of nitrogens with two attached hydrogens (primary N) is 3. The molecule has 9 aromatic rings. The number of phenols is 1. The molecule has 0 atom stereocenters. The number of nitrogens with zero attached hydrogens (tertiary/aromatic N) is 4. The van der Waals surface area contributed by atoms with E-state index in [-0.39, 0.29) is 13.2 Å². The van der Waals surface area contributed by atoms with Crippen molar-refractivity contribution in [2.75, 3.05) is 29.6 Å². The molecule has 3 aromatic heterocycles. The van der Waals surface area contributed by atoms with Crippen LogP contribution in [0.25, 0.3) is 32.3 Å². The van der Waals surface area contributed by atoms with Crippen molar-refractivity contribution in [3.05, 3.63) is 162 Å². The Balaban J connectivity index is -0.0000000709. The quantitative estimate of drug-likeness (QED) is 0.0391. The number of carbonyl (C=O) groups excluding carboxylic acids is 3. The van der Waals surface area contributed by atoms with Gasteiger partial charge in [0.2, 0.25) is 0 Å². The summed E-state index contributed by atoms with van der Waals surface area (Å²) >= 11 is 5.81. The number of anilines is 4. The molecule has 3 heterocycles. The molecular weight excluding hydrogens is 1230 g/mol. The number of oxazole rings is 1. The van der Waals surface area contributed by atoms with E-state index < -0.39 is 0 Å². The number of hydrogen-bond acceptors (Lipinski definition) is 14. The van der Waals surface area contributed by atoms with Crippen LogP contribution in [0.2, 0.25) is 0 Å². The lowest BCUT2D eigenvalue weighted by molar-refractivity contribution is -0.106. The number of thiazole rings is 1. The third kappa shape index (κ3) is 80.7. The van der Waals surface area contributed by atoms with E-state index in [1.807, 2.05) is 227 Å². The number of phenolic OH excluding ortho intramolecular Hbond substituents is 1. The molecule has 0 unspecified atom stereocenters. The lowest BCUT2D eigenvalue weighted by Gasteiger charge is -2.01. The van der Waals surface area contributed by atoms with Gasteiger partial charge in [0, 0.05) is 31.6 Å². The summed E-state index contributed by atoms with van der Waals surface area (Å²) in [4.78, 5) is 40.1. The van der Waals surface area contributed by atoms with Crippen LogP contribution in [-0.4, -0.2) is 50.5 Å². The molecule has 8 N–H and O–H groups in total. The number of para-hydroxylation sites is 10. The Labute approximate surface area is 601 Å². The highest BCUT2D eigenvalue weighted by Crippen LogP contribution is 2.20. The molecule has 15 heteroatoms. The van der Waals surface area contributed by atoms with Crippen molar-refractivity contribution < 1.29 is 23.9 Å². The van der Waals surface area contributed by atoms with Crippen molar-refractivity contribution >= 4 is 97.9 Å². The lowest BCUT2D eigenvalue weighted by atomic mass is 10.3. The Hall–Kier alpha value is -7.49. The number of thiol groups is 1. The molecule has 0 bridgehead atoms. The molecule has 0 aliphatic rings. The Bertz CT molecular complexity index is 2600. The maximum absolute atomic E-state index is 8.81. The first kappa shape index (κ1) is 119. The fraction of sp³-hybridized carbons (Fsp3) is 0.481. The Kier molecular flexibility index (Phi) is 128. The van der Waals surface area contributed by atoms with E-state index in [4.69, 9.17) is 41.1 Å². The van der Waals surface area contributed by atoms with Gasteiger partial charge in [0.15, 0.2) is 11.5 Å². The summed E-state index contributed by atoms with van der Waals surface area (Å²) in [6, 6.07) is 45.9. The second-order valence-electron chi connectivity index (χ2n) is 17.0. The number of benzene rings is 6. The third-order valence-corrected chi connectivity index (χ3v) is 9.28. The highest BCUT2D eigenvalue weighted by atomic mass is 32.1. The smallest absolute Gasteiger partial charge is 0.192 e. The minimum Gasteiger partial charge on any atom is -0.506 e. The van der Waals surface area contributed by atoms with Gasteiger partial charge in [0.25, 0.3) is 0 Å². The molecule has 0 radical (unpaired) electrons. The molecule has 0 spiro atoms. The Morgan fingerprint density at radius 2 is 0.792 bits per heavy atom. The van der Waals surface area contributed by atoms with E-state index in [1.54, 1.807) is 35.6 Å². The first-order chi connectivity index (χ1) is 45.7. The van der Waals surface area contributed by atoms with Crippen LogP contribution >= 0.6 is 24.0 Å². The van der Waals surface area contributed by atoms with Crippen molar-refractivity contribution in [3.8, 4) is 5.75 Å². The van der Waals surface area contributed by atoms with Crippen LogP contribution in [-0.2, 0) is 21.4 Å². The van der Waals surface area contributed by atoms with Gasteiger partial charge in [-0.2, -0.15) is 0 Å². The fourth-order valence-electron chi connectivity index (χ4n) is 4.94. The molecular formula is C81H148N8O5S2. The minimum absolute atomic E-state index is 0. The average Bonchev–Trinajstić information content (AvgIpc) is 1.72. The van der Waals surface area contributed by atoms with Crippen LogP contribution in [0.15, 0.2) is 155 Å². The number of nitrogen functional groups attached to an aromatic ring is 3. The second-order valence-corrected chi connectivity index (χ2v) is 18.7. The molecule has 0 saturated heterocycles. The van der Waals surface area contributed by atoms with Crippen LogP contribution < -0.4 is 22.5 Å². The van der Waals surface area contributed by atoms with E-state index in [0.717, 1.165) is 79.7 Å².